The Hall–Kier alpha value is -1.83. The SMILES string of the molecule is CNC1CCN(S(=O)(=O)c2cnc(-c3ccccc3)nc2)CC1. The van der Waals surface area contributed by atoms with Gasteiger partial charge in [0.25, 0.3) is 0 Å². The molecule has 122 valence electrons. The average molecular weight is 332 g/mol. The van der Waals surface area contributed by atoms with Crippen molar-refractivity contribution in [3.05, 3.63) is 42.7 Å². The highest BCUT2D eigenvalue weighted by molar-refractivity contribution is 7.89. The molecule has 1 saturated heterocycles. The van der Waals surface area contributed by atoms with Gasteiger partial charge in [-0.25, -0.2) is 18.4 Å². The van der Waals surface area contributed by atoms with E-state index in [9.17, 15) is 8.42 Å². The first-order valence-corrected chi connectivity index (χ1v) is 9.10. The molecule has 0 aliphatic carbocycles. The molecule has 7 heteroatoms. The molecule has 1 aliphatic heterocycles. The van der Waals surface area contributed by atoms with Crippen molar-refractivity contribution in [2.75, 3.05) is 20.1 Å². The second-order valence-corrected chi connectivity index (χ2v) is 7.51. The van der Waals surface area contributed by atoms with Crippen molar-refractivity contribution >= 4 is 10.0 Å². The van der Waals surface area contributed by atoms with Crippen molar-refractivity contribution in [1.29, 1.82) is 0 Å². The standard InChI is InChI=1S/C16H20N4O2S/c1-17-14-7-9-20(10-8-14)23(21,22)15-11-18-16(19-12-15)13-5-3-2-4-6-13/h2-6,11-12,14,17H,7-10H2,1H3. The number of rotatable bonds is 4. The summed E-state index contributed by atoms with van der Waals surface area (Å²) in [5.74, 6) is 0.526. The monoisotopic (exact) mass is 332 g/mol. The van der Waals surface area contributed by atoms with Crippen LogP contribution in [0.3, 0.4) is 0 Å². The molecule has 1 aromatic carbocycles. The lowest BCUT2D eigenvalue weighted by Gasteiger charge is -2.30. The summed E-state index contributed by atoms with van der Waals surface area (Å²) in [6, 6.07) is 9.89. The molecule has 1 N–H and O–H groups in total. The first-order valence-electron chi connectivity index (χ1n) is 7.66. The highest BCUT2D eigenvalue weighted by Crippen LogP contribution is 2.21. The summed E-state index contributed by atoms with van der Waals surface area (Å²) < 4.78 is 26.8. The van der Waals surface area contributed by atoms with Crippen molar-refractivity contribution in [3.8, 4) is 11.4 Å². The highest BCUT2D eigenvalue weighted by atomic mass is 32.2. The number of aromatic nitrogens is 2. The maximum atomic E-state index is 12.7. The van der Waals surface area contributed by atoms with E-state index in [2.05, 4.69) is 15.3 Å². The van der Waals surface area contributed by atoms with Gasteiger partial charge < -0.3 is 5.32 Å². The molecule has 2 heterocycles. The number of nitrogens with zero attached hydrogens (tertiary/aromatic N) is 3. The van der Waals surface area contributed by atoms with Gasteiger partial charge in [-0.15, -0.1) is 0 Å². The Labute approximate surface area is 136 Å². The van der Waals surface area contributed by atoms with Crippen LogP contribution in [0.2, 0.25) is 0 Å². The van der Waals surface area contributed by atoms with Crippen LogP contribution in [-0.2, 0) is 10.0 Å². The molecule has 1 aromatic heterocycles. The van der Waals surface area contributed by atoms with Crippen LogP contribution < -0.4 is 5.32 Å². The molecule has 2 aromatic rings. The lowest BCUT2D eigenvalue weighted by Crippen LogP contribution is -2.43. The molecular weight excluding hydrogens is 312 g/mol. The van der Waals surface area contributed by atoms with E-state index in [1.807, 2.05) is 37.4 Å². The lowest BCUT2D eigenvalue weighted by molar-refractivity contribution is 0.298. The lowest BCUT2D eigenvalue weighted by atomic mass is 10.1. The minimum absolute atomic E-state index is 0.153. The van der Waals surface area contributed by atoms with Crippen LogP contribution in [0, 0.1) is 0 Å². The van der Waals surface area contributed by atoms with Gasteiger partial charge in [0.1, 0.15) is 4.90 Å². The van der Waals surface area contributed by atoms with Crippen LogP contribution in [0.15, 0.2) is 47.6 Å². The Bertz CT molecular complexity index is 739. The van der Waals surface area contributed by atoms with Crippen molar-refractivity contribution in [2.24, 2.45) is 0 Å². The van der Waals surface area contributed by atoms with E-state index in [4.69, 9.17) is 0 Å². The van der Waals surface area contributed by atoms with Crippen molar-refractivity contribution < 1.29 is 8.42 Å². The van der Waals surface area contributed by atoms with Crippen molar-refractivity contribution in [3.63, 3.8) is 0 Å². The third-order valence-corrected chi connectivity index (χ3v) is 6.01. The normalized spacial score (nSPS) is 17.3. The van der Waals surface area contributed by atoms with Gasteiger partial charge in [-0.1, -0.05) is 30.3 Å². The van der Waals surface area contributed by atoms with Crippen LogP contribution in [0.1, 0.15) is 12.8 Å². The summed E-state index contributed by atoms with van der Waals surface area (Å²) in [7, 11) is -1.60. The largest absolute Gasteiger partial charge is 0.317 e. The fourth-order valence-corrected chi connectivity index (χ4v) is 4.08. The predicted octanol–water partition coefficient (Wildman–Crippen LogP) is 1.52. The third kappa shape index (κ3) is 3.41. The number of piperidine rings is 1. The molecule has 0 spiro atoms. The molecule has 0 unspecified atom stereocenters. The zero-order chi connectivity index (χ0) is 16.3. The van der Waals surface area contributed by atoms with Crippen LogP contribution in [0.25, 0.3) is 11.4 Å². The Morgan fingerprint density at radius 1 is 1.09 bits per heavy atom. The molecule has 23 heavy (non-hydrogen) atoms. The fraction of sp³-hybridized carbons (Fsp3) is 0.375. The molecule has 3 rings (SSSR count). The summed E-state index contributed by atoms with van der Waals surface area (Å²) in [6.45, 7) is 1.04. The molecule has 0 radical (unpaired) electrons. The zero-order valence-corrected chi connectivity index (χ0v) is 13.8. The maximum absolute atomic E-state index is 12.7. The van der Waals surface area contributed by atoms with Gasteiger partial charge in [0.05, 0.1) is 12.4 Å². The molecular formula is C16H20N4O2S. The van der Waals surface area contributed by atoms with Crippen LogP contribution in [0.5, 0.6) is 0 Å². The van der Waals surface area contributed by atoms with Crippen molar-refractivity contribution in [1.82, 2.24) is 19.6 Å². The number of hydrogen-bond acceptors (Lipinski definition) is 5. The van der Waals surface area contributed by atoms with E-state index in [0.29, 0.717) is 25.0 Å². The predicted molar refractivity (Wildman–Crippen MR) is 88.3 cm³/mol. The van der Waals surface area contributed by atoms with Crippen LogP contribution in [-0.4, -0.2) is 48.9 Å². The van der Waals surface area contributed by atoms with Gasteiger partial charge >= 0.3 is 0 Å². The Morgan fingerprint density at radius 3 is 2.26 bits per heavy atom. The zero-order valence-electron chi connectivity index (χ0n) is 13.0. The quantitative estimate of drug-likeness (QED) is 0.919. The highest BCUT2D eigenvalue weighted by Gasteiger charge is 2.29. The fourth-order valence-electron chi connectivity index (χ4n) is 2.72. The molecule has 1 aliphatic rings. The van der Waals surface area contributed by atoms with Gasteiger partial charge in [0.15, 0.2) is 5.82 Å². The summed E-state index contributed by atoms with van der Waals surface area (Å²) in [6.07, 6.45) is 4.43. The third-order valence-electron chi connectivity index (χ3n) is 4.16. The Balaban J connectivity index is 1.79. The van der Waals surface area contributed by atoms with Crippen LogP contribution in [0.4, 0.5) is 0 Å². The molecule has 0 amide bonds. The smallest absolute Gasteiger partial charge is 0.246 e. The topological polar surface area (TPSA) is 75.2 Å². The second-order valence-electron chi connectivity index (χ2n) is 5.58. The van der Waals surface area contributed by atoms with E-state index in [1.54, 1.807) is 0 Å². The molecule has 0 saturated carbocycles. The second kappa shape index (κ2) is 6.74. The summed E-state index contributed by atoms with van der Waals surface area (Å²) in [5.41, 5.74) is 0.867. The number of benzene rings is 1. The van der Waals surface area contributed by atoms with Gasteiger partial charge in [0.2, 0.25) is 10.0 Å². The minimum atomic E-state index is -3.51. The molecule has 6 nitrogen and oxygen atoms in total. The summed E-state index contributed by atoms with van der Waals surface area (Å²) in [4.78, 5) is 8.58. The Morgan fingerprint density at radius 2 is 1.70 bits per heavy atom. The van der Waals surface area contributed by atoms with Crippen molar-refractivity contribution in [2.45, 2.75) is 23.8 Å². The van der Waals surface area contributed by atoms with E-state index in [-0.39, 0.29) is 4.90 Å². The first kappa shape index (κ1) is 16.0. The Kier molecular flexibility index (Phi) is 4.70. The summed E-state index contributed by atoms with van der Waals surface area (Å²) >= 11 is 0. The molecule has 1 fully saturated rings. The minimum Gasteiger partial charge on any atom is -0.317 e. The number of hydrogen-bond donors (Lipinski definition) is 1. The van der Waals surface area contributed by atoms with E-state index in [0.717, 1.165) is 18.4 Å². The van der Waals surface area contributed by atoms with Gasteiger partial charge in [-0.05, 0) is 19.9 Å². The average Bonchev–Trinajstić information content (AvgIpc) is 2.62. The summed E-state index contributed by atoms with van der Waals surface area (Å²) in [5, 5.41) is 3.20. The van der Waals surface area contributed by atoms with E-state index in [1.165, 1.54) is 16.7 Å². The van der Waals surface area contributed by atoms with E-state index < -0.39 is 10.0 Å². The van der Waals surface area contributed by atoms with Gasteiger partial charge in [-0.3, -0.25) is 0 Å². The van der Waals surface area contributed by atoms with E-state index >= 15 is 0 Å². The van der Waals surface area contributed by atoms with Gasteiger partial charge in [0, 0.05) is 24.7 Å². The van der Waals surface area contributed by atoms with Gasteiger partial charge in [-0.2, -0.15) is 4.31 Å². The first-order chi connectivity index (χ1) is 11.1. The number of nitrogens with one attached hydrogen (secondary N) is 1. The molecule has 0 bridgehead atoms. The molecule has 0 atom stereocenters. The van der Waals surface area contributed by atoms with Crippen LogP contribution >= 0.6 is 0 Å². The number of sulfonamides is 1. The maximum Gasteiger partial charge on any atom is 0.246 e.